The third kappa shape index (κ3) is 3.09. The van der Waals surface area contributed by atoms with E-state index in [0.29, 0.717) is 13.1 Å². The van der Waals surface area contributed by atoms with Gasteiger partial charge < -0.3 is 10.2 Å². The van der Waals surface area contributed by atoms with Gasteiger partial charge in [-0.2, -0.15) is 0 Å². The number of hydrogen-bond acceptors (Lipinski definition) is 2. The first-order valence-electron chi connectivity index (χ1n) is 8.81. The van der Waals surface area contributed by atoms with E-state index in [1.165, 1.54) is 18.2 Å². The zero-order chi connectivity index (χ0) is 19.3. The van der Waals surface area contributed by atoms with Crippen LogP contribution in [0.1, 0.15) is 37.6 Å². The maximum absolute atomic E-state index is 13.8. The van der Waals surface area contributed by atoms with Gasteiger partial charge in [0.15, 0.2) is 0 Å². The average molecular weight is 401 g/mol. The summed E-state index contributed by atoms with van der Waals surface area (Å²) in [6, 6.07) is 4.99. The highest BCUT2D eigenvalue weighted by molar-refractivity contribution is 6.51. The zero-order valence-electron chi connectivity index (χ0n) is 15.1. The molecule has 1 saturated heterocycles. The van der Waals surface area contributed by atoms with E-state index < -0.39 is 22.1 Å². The minimum absolute atomic E-state index is 0.0334. The number of carbonyl (C=O) groups is 2. The number of amides is 2. The fraction of sp³-hybridized carbons (Fsp3) is 0.579. The summed E-state index contributed by atoms with van der Waals surface area (Å²) < 4.78 is 13.0. The van der Waals surface area contributed by atoms with Gasteiger partial charge in [-0.25, -0.2) is 4.39 Å². The second kappa shape index (κ2) is 6.68. The molecule has 2 fully saturated rings. The summed E-state index contributed by atoms with van der Waals surface area (Å²) in [5.41, 5.74) is -0.226. The normalized spacial score (nSPS) is 27.7. The standard InChI is InChI=1S/C19H23Cl2FN2O2/c1-11(2)15(23-16(25)12-6-4-5-7-13(12)22)17(26)24-9-8-18(3)14(10-24)19(18,20)21/h4-7,11,14-15H,8-10H2,1-3H3,(H,23,25)/t14-,15+,18-/m1/s1. The number of hydrogen-bond donors (Lipinski definition) is 1. The van der Waals surface area contributed by atoms with Gasteiger partial charge in [-0.15, -0.1) is 23.2 Å². The summed E-state index contributed by atoms with van der Waals surface area (Å²) in [4.78, 5) is 27.1. The van der Waals surface area contributed by atoms with Gasteiger partial charge in [0, 0.05) is 24.4 Å². The van der Waals surface area contributed by atoms with E-state index in [4.69, 9.17) is 23.2 Å². The quantitative estimate of drug-likeness (QED) is 0.784. The summed E-state index contributed by atoms with van der Waals surface area (Å²) in [7, 11) is 0. The molecular weight excluding hydrogens is 378 g/mol. The Labute approximate surface area is 163 Å². The molecule has 2 amide bonds. The molecule has 1 heterocycles. The number of benzene rings is 1. The number of nitrogens with one attached hydrogen (secondary N) is 1. The lowest BCUT2D eigenvalue weighted by atomic mass is 9.95. The van der Waals surface area contributed by atoms with Crippen LogP contribution in [0.15, 0.2) is 24.3 Å². The lowest BCUT2D eigenvalue weighted by Crippen LogP contribution is -2.53. The number of fused-ring (bicyclic) bond motifs is 1. The van der Waals surface area contributed by atoms with Crippen LogP contribution in [0, 0.1) is 23.1 Å². The van der Waals surface area contributed by atoms with Crippen LogP contribution in [0.5, 0.6) is 0 Å². The molecule has 1 N–H and O–H groups in total. The molecule has 2 aliphatic rings. The van der Waals surface area contributed by atoms with Crippen LogP contribution < -0.4 is 5.32 Å². The van der Waals surface area contributed by atoms with Crippen LogP contribution in [0.3, 0.4) is 0 Å². The molecule has 1 aromatic rings. The molecular formula is C19H23Cl2FN2O2. The number of piperidine rings is 1. The van der Waals surface area contributed by atoms with Gasteiger partial charge in [0.2, 0.25) is 5.91 Å². The Kier molecular flexibility index (Phi) is 4.99. The number of nitrogens with zero attached hydrogens (tertiary/aromatic N) is 1. The van der Waals surface area contributed by atoms with Crippen LogP contribution in [0.2, 0.25) is 0 Å². The second-order valence-corrected chi connectivity index (χ2v) is 9.19. The highest BCUT2D eigenvalue weighted by atomic mass is 35.5. The average Bonchev–Trinajstić information content (AvgIpc) is 3.04. The summed E-state index contributed by atoms with van der Waals surface area (Å²) in [6.07, 6.45) is 0.725. The lowest BCUT2D eigenvalue weighted by molar-refractivity contribution is -0.135. The monoisotopic (exact) mass is 400 g/mol. The van der Waals surface area contributed by atoms with Gasteiger partial charge in [0.1, 0.15) is 16.2 Å². The fourth-order valence-corrected chi connectivity index (χ4v) is 4.75. The predicted octanol–water partition coefficient (Wildman–Crippen LogP) is 3.62. The largest absolute Gasteiger partial charge is 0.340 e. The summed E-state index contributed by atoms with van der Waals surface area (Å²) in [5.74, 6) is -1.48. The van der Waals surface area contributed by atoms with Crippen molar-refractivity contribution in [2.45, 2.75) is 37.6 Å². The molecule has 1 aliphatic heterocycles. The fourth-order valence-electron chi connectivity index (χ4n) is 3.78. The SMILES string of the molecule is CC(C)[C@H](NC(=O)c1ccccc1F)C(=O)N1CC[C@]2(C)[C@@H](C1)C2(Cl)Cl. The second-order valence-electron chi connectivity index (χ2n) is 7.80. The van der Waals surface area contributed by atoms with Crippen LogP contribution in [0.4, 0.5) is 4.39 Å². The van der Waals surface area contributed by atoms with Crippen molar-refractivity contribution in [1.82, 2.24) is 10.2 Å². The van der Waals surface area contributed by atoms with Crippen molar-refractivity contribution in [3.05, 3.63) is 35.6 Å². The van der Waals surface area contributed by atoms with E-state index in [1.54, 1.807) is 11.0 Å². The molecule has 0 spiro atoms. The number of carbonyl (C=O) groups excluding carboxylic acids is 2. The minimum atomic E-state index is -0.800. The van der Waals surface area contributed by atoms with Gasteiger partial charge in [-0.05, 0) is 24.5 Å². The lowest BCUT2D eigenvalue weighted by Gasteiger charge is -2.33. The van der Waals surface area contributed by atoms with Crippen LogP contribution in [0.25, 0.3) is 0 Å². The van der Waals surface area contributed by atoms with E-state index >= 15 is 0 Å². The Balaban J connectivity index is 1.71. The summed E-state index contributed by atoms with van der Waals surface area (Å²) in [5, 5.41) is 2.69. The van der Waals surface area contributed by atoms with Crippen molar-refractivity contribution < 1.29 is 14.0 Å². The molecule has 26 heavy (non-hydrogen) atoms. The maximum atomic E-state index is 13.8. The van der Waals surface area contributed by atoms with Gasteiger partial charge in [0.25, 0.3) is 5.91 Å². The predicted molar refractivity (Wildman–Crippen MR) is 99.7 cm³/mol. The first-order valence-corrected chi connectivity index (χ1v) is 9.57. The Morgan fingerprint density at radius 3 is 2.54 bits per heavy atom. The van der Waals surface area contributed by atoms with Crippen molar-refractivity contribution in [3.63, 3.8) is 0 Å². The van der Waals surface area contributed by atoms with Gasteiger partial charge in [-0.3, -0.25) is 9.59 Å². The summed E-state index contributed by atoms with van der Waals surface area (Å²) >= 11 is 12.7. The molecule has 0 radical (unpaired) electrons. The van der Waals surface area contributed by atoms with Gasteiger partial charge in [-0.1, -0.05) is 32.9 Å². The molecule has 4 nitrogen and oxygen atoms in total. The van der Waals surface area contributed by atoms with Crippen molar-refractivity contribution in [2.75, 3.05) is 13.1 Å². The van der Waals surface area contributed by atoms with E-state index in [1.807, 2.05) is 20.8 Å². The molecule has 1 saturated carbocycles. The Bertz CT molecular complexity index is 740. The summed E-state index contributed by atoms with van der Waals surface area (Å²) in [6.45, 7) is 6.76. The highest BCUT2D eigenvalue weighted by Gasteiger charge is 2.74. The van der Waals surface area contributed by atoms with Crippen LogP contribution >= 0.6 is 23.2 Å². The third-order valence-corrected chi connectivity index (χ3v) is 7.23. The molecule has 0 bridgehead atoms. The Morgan fingerprint density at radius 2 is 1.96 bits per heavy atom. The Morgan fingerprint density at radius 1 is 1.31 bits per heavy atom. The number of halogens is 3. The molecule has 0 aromatic heterocycles. The minimum Gasteiger partial charge on any atom is -0.340 e. The van der Waals surface area contributed by atoms with Crippen molar-refractivity contribution >= 4 is 35.0 Å². The van der Waals surface area contributed by atoms with E-state index in [9.17, 15) is 14.0 Å². The van der Waals surface area contributed by atoms with Crippen molar-refractivity contribution in [3.8, 4) is 0 Å². The van der Waals surface area contributed by atoms with E-state index in [-0.39, 0.29) is 28.7 Å². The first-order chi connectivity index (χ1) is 12.1. The third-order valence-electron chi connectivity index (χ3n) is 5.84. The molecule has 142 valence electrons. The molecule has 3 rings (SSSR count). The van der Waals surface area contributed by atoms with Gasteiger partial charge in [0.05, 0.1) is 5.56 Å². The highest BCUT2D eigenvalue weighted by Crippen LogP contribution is 2.72. The number of rotatable bonds is 4. The van der Waals surface area contributed by atoms with Crippen molar-refractivity contribution in [2.24, 2.45) is 17.3 Å². The maximum Gasteiger partial charge on any atom is 0.254 e. The van der Waals surface area contributed by atoms with E-state index in [0.717, 1.165) is 6.42 Å². The van der Waals surface area contributed by atoms with Crippen LogP contribution in [-0.4, -0.2) is 40.2 Å². The molecule has 1 aromatic carbocycles. The van der Waals surface area contributed by atoms with Crippen molar-refractivity contribution in [1.29, 1.82) is 0 Å². The molecule has 0 unspecified atom stereocenters. The zero-order valence-corrected chi connectivity index (χ0v) is 16.6. The molecule has 1 aliphatic carbocycles. The first kappa shape index (κ1) is 19.4. The Hall–Kier alpha value is -1.33. The molecule has 7 heteroatoms. The van der Waals surface area contributed by atoms with Gasteiger partial charge >= 0.3 is 0 Å². The number of likely N-dealkylation sites (tertiary alicyclic amines) is 1. The van der Waals surface area contributed by atoms with Crippen LogP contribution in [-0.2, 0) is 4.79 Å². The van der Waals surface area contributed by atoms with E-state index in [2.05, 4.69) is 5.32 Å². The topological polar surface area (TPSA) is 49.4 Å². The number of alkyl halides is 2. The smallest absolute Gasteiger partial charge is 0.254 e. The molecule has 3 atom stereocenters.